The van der Waals surface area contributed by atoms with Gasteiger partial charge in [-0.15, -0.1) is 0 Å². The number of piperidine rings is 1. The number of hydrogen-bond donors (Lipinski definition) is 2. The van der Waals surface area contributed by atoms with Crippen molar-refractivity contribution in [3.63, 3.8) is 0 Å². The van der Waals surface area contributed by atoms with E-state index in [2.05, 4.69) is 17.6 Å². The Balaban J connectivity index is 1.77. The van der Waals surface area contributed by atoms with Crippen molar-refractivity contribution in [2.75, 3.05) is 6.54 Å². The molecule has 0 spiro atoms. The Hall–Kier alpha value is -0.570. The van der Waals surface area contributed by atoms with Crippen molar-refractivity contribution >= 4 is 5.91 Å². The molecular formula is C15H28N2O. The minimum atomic E-state index is 0.0620. The zero-order valence-electron chi connectivity index (χ0n) is 11.7. The van der Waals surface area contributed by atoms with Crippen LogP contribution in [0, 0.1) is 5.92 Å². The first-order chi connectivity index (χ1) is 8.77. The Morgan fingerprint density at radius 1 is 1.06 bits per heavy atom. The van der Waals surface area contributed by atoms with Gasteiger partial charge in [-0.1, -0.05) is 32.1 Å². The lowest BCUT2D eigenvalue weighted by Crippen LogP contribution is -2.50. The number of nitrogens with one attached hydrogen (secondary N) is 2. The van der Waals surface area contributed by atoms with E-state index in [-0.39, 0.29) is 11.9 Å². The summed E-state index contributed by atoms with van der Waals surface area (Å²) in [6, 6.07) is 0.409. The van der Waals surface area contributed by atoms with Gasteiger partial charge >= 0.3 is 0 Å². The molecule has 0 bridgehead atoms. The predicted molar refractivity (Wildman–Crippen MR) is 74.4 cm³/mol. The highest BCUT2D eigenvalue weighted by molar-refractivity contribution is 5.82. The highest BCUT2D eigenvalue weighted by Gasteiger charge is 2.25. The topological polar surface area (TPSA) is 41.1 Å². The predicted octanol–water partition coefficient (Wildman–Crippen LogP) is 2.60. The summed E-state index contributed by atoms with van der Waals surface area (Å²) in [5.74, 6) is 0.923. The second-order valence-corrected chi connectivity index (χ2v) is 6.05. The maximum atomic E-state index is 12.2. The summed E-state index contributed by atoms with van der Waals surface area (Å²) in [6.45, 7) is 3.19. The first-order valence-corrected chi connectivity index (χ1v) is 7.81. The van der Waals surface area contributed by atoms with Crippen molar-refractivity contribution in [2.45, 2.75) is 76.8 Å². The van der Waals surface area contributed by atoms with Gasteiger partial charge in [0.1, 0.15) is 0 Å². The van der Waals surface area contributed by atoms with Crippen LogP contribution in [0.25, 0.3) is 0 Å². The van der Waals surface area contributed by atoms with E-state index < -0.39 is 0 Å². The molecule has 1 aliphatic carbocycles. The summed E-state index contributed by atoms with van der Waals surface area (Å²) in [6.07, 6.45) is 11.4. The van der Waals surface area contributed by atoms with Crippen molar-refractivity contribution in [2.24, 2.45) is 5.92 Å². The van der Waals surface area contributed by atoms with Crippen LogP contribution in [0.3, 0.4) is 0 Å². The summed E-state index contributed by atoms with van der Waals surface area (Å²) in [7, 11) is 0. The molecule has 3 heteroatoms. The molecule has 2 fully saturated rings. The third-order valence-corrected chi connectivity index (χ3v) is 4.60. The minimum Gasteiger partial charge on any atom is -0.352 e. The molecule has 18 heavy (non-hydrogen) atoms. The second-order valence-electron chi connectivity index (χ2n) is 6.05. The number of carbonyl (C=O) groups excluding carboxylic acids is 1. The Kier molecular flexibility index (Phi) is 5.48. The molecule has 2 atom stereocenters. The van der Waals surface area contributed by atoms with Gasteiger partial charge < -0.3 is 10.6 Å². The van der Waals surface area contributed by atoms with E-state index in [1.54, 1.807) is 0 Å². The van der Waals surface area contributed by atoms with Crippen LogP contribution in [0.15, 0.2) is 0 Å². The molecule has 2 N–H and O–H groups in total. The molecule has 3 nitrogen and oxygen atoms in total. The van der Waals surface area contributed by atoms with E-state index in [9.17, 15) is 4.79 Å². The van der Waals surface area contributed by atoms with Crippen molar-refractivity contribution < 1.29 is 4.79 Å². The number of hydrogen-bond acceptors (Lipinski definition) is 2. The van der Waals surface area contributed by atoms with E-state index >= 15 is 0 Å². The number of rotatable bonds is 3. The molecule has 0 unspecified atom stereocenters. The summed E-state index contributed by atoms with van der Waals surface area (Å²) in [4.78, 5) is 12.2. The zero-order valence-corrected chi connectivity index (χ0v) is 11.7. The average molecular weight is 252 g/mol. The van der Waals surface area contributed by atoms with Crippen LogP contribution in [-0.4, -0.2) is 24.5 Å². The van der Waals surface area contributed by atoms with Crippen LogP contribution in [0.2, 0.25) is 0 Å². The SMILES string of the molecule is C[C@H](NC(=O)[C@@H]1CCCCN1)C1CCCCCC1. The minimum absolute atomic E-state index is 0.0620. The first-order valence-electron chi connectivity index (χ1n) is 7.81. The molecule has 2 rings (SSSR count). The Morgan fingerprint density at radius 2 is 1.72 bits per heavy atom. The second kappa shape index (κ2) is 7.13. The van der Waals surface area contributed by atoms with Crippen LogP contribution in [0.5, 0.6) is 0 Å². The molecule has 0 radical (unpaired) electrons. The molecule has 1 heterocycles. The molecule has 1 saturated heterocycles. The molecular weight excluding hydrogens is 224 g/mol. The normalized spacial score (nSPS) is 28.4. The van der Waals surface area contributed by atoms with Crippen molar-refractivity contribution in [3.05, 3.63) is 0 Å². The third kappa shape index (κ3) is 3.98. The van der Waals surface area contributed by atoms with Gasteiger partial charge in [0, 0.05) is 6.04 Å². The summed E-state index contributed by atoms with van der Waals surface area (Å²) >= 11 is 0. The Morgan fingerprint density at radius 3 is 2.33 bits per heavy atom. The molecule has 104 valence electrons. The van der Waals surface area contributed by atoms with Crippen LogP contribution in [0.1, 0.15) is 64.7 Å². The smallest absolute Gasteiger partial charge is 0.237 e. The van der Waals surface area contributed by atoms with Gasteiger partial charge in [-0.25, -0.2) is 0 Å². The van der Waals surface area contributed by atoms with Crippen molar-refractivity contribution in [3.8, 4) is 0 Å². The highest BCUT2D eigenvalue weighted by Crippen LogP contribution is 2.25. The van der Waals surface area contributed by atoms with Crippen molar-refractivity contribution in [1.29, 1.82) is 0 Å². The van der Waals surface area contributed by atoms with E-state index in [0.717, 1.165) is 13.0 Å². The molecule has 0 aromatic heterocycles. The van der Waals surface area contributed by atoms with Gasteiger partial charge in [0.2, 0.25) is 5.91 Å². The monoisotopic (exact) mass is 252 g/mol. The fraction of sp³-hybridized carbons (Fsp3) is 0.933. The summed E-state index contributed by atoms with van der Waals surface area (Å²) in [5.41, 5.74) is 0. The highest BCUT2D eigenvalue weighted by atomic mass is 16.2. The quantitative estimate of drug-likeness (QED) is 0.758. The average Bonchev–Trinajstić information content (AvgIpc) is 2.68. The van der Waals surface area contributed by atoms with Gasteiger partial charge in [0.15, 0.2) is 0 Å². The maximum absolute atomic E-state index is 12.2. The van der Waals surface area contributed by atoms with Gasteiger partial charge in [0.05, 0.1) is 6.04 Å². The molecule has 1 aliphatic heterocycles. The fourth-order valence-electron chi connectivity index (χ4n) is 3.33. The largest absolute Gasteiger partial charge is 0.352 e. The first kappa shape index (κ1) is 13.9. The van der Waals surface area contributed by atoms with Crippen LogP contribution in [0.4, 0.5) is 0 Å². The zero-order chi connectivity index (χ0) is 12.8. The van der Waals surface area contributed by atoms with Crippen LogP contribution < -0.4 is 10.6 Å². The van der Waals surface area contributed by atoms with Gasteiger partial charge in [0.25, 0.3) is 0 Å². The van der Waals surface area contributed by atoms with Crippen LogP contribution in [-0.2, 0) is 4.79 Å². The van der Waals surface area contributed by atoms with Crippen LogP contribution >= 0.6 is 0 Å². The Bertz CT molecular complexity index is 253. The Labute approximate surface area is 111 Å². The summed E-state index contributed by atoms with van der Waals surface area (Å²) < 4.78 is 0. The lowest BCUT2D eigenvalue weighted by atomic mass is 9.92. The lowest BCUT2D eigenvalue weighted by molar-refractivity contribution is -0.124. The molecule has 0 aromatic carbocycles. The molecule has 1 amide bonds. The van der Waals surface area contributed by atoms with Gasteiger partial charge in [-0.2, -0.15) is 0 Å². The lowest BCUT2D eigenvalue weighted by Gasteiger charge is -2.28. The third-order valence-electron chi connectivity index (χ3n) is 4.60. The maximum Gasteiger partial charge on any atom is 0.237 e. The van der Waals surface area contributed by atoms with E-state index in [1.807, 2.05) is 0 Å². The number of carbonyl (C=O) groups is 1. The van der Waals surface area contributed by atoms with Gasteiger partial charge in [-0.05, 0) is 45.1 Å². The van der Waals surface area contributed by atoms with E-state index in [4.69, 9.17) is 0 Å². The van der Waals surface area contributed by atoms with E-state index in [0.29, 0.717) is 12.0 Å². The summed E-state index contributed by atoms with van der Waals surface area (Å²) in [5, 5.41) is 6.57. The van der Waals surface area contributed by atoms with E-state index in [1.165, 1.54) is 51.4 Å². The number of amides is 1. The molecule has 2 aliphatic rings. The fourth-order valence-corrected chi connectivity index (χ4v) is 3.33. The van der Waals surface area contributed by atoms with Crippen molar-refractivity contribution in [1.82, 2.24) is 10.6 Å². The standard InChI is InChI=1S/C15H28N2O/c1-12(13-8-4-2-3-5-9-13)17-15(18)14-10-6-7-11-16-14/h12-14,16H,2-11H2,1H3,(H,17,18)/t12-,14-/m0/s1. The molecule has 0 aromatic rings. The van der Waals surface area contributed by atoms with Gasteiger partial charge in [-0.3, -0.25) is 4.79 Å². The molecule has 1 saturated carbocycles.